The molecule has 0 heterocycles. The van der Waals surface area contributed by atoms with E-state index in [0.717, 1.165) is 39.0 Å². The van der Waals surface area contributed by atoms with Crippen molar-refractivity contribution < 1.29 is 4.74 Å². The Kier molecular flexibility index (Phi) is 12.0. The van der Waals surface area contributed by atoms with Crippen LogP contribution in [0.3, 0.4) is 0 Å². The van der Waals surface area contributed by atoms with Crippen LogP contribution in [0, 0.1) is 0 Å². The fraction of sp³-hybridized carbons (Fsp3) is 0.647. The molecule has 3 nitrogen and oxygen atoms in total. The standard InChI is InChI=1S/C15H26N2O.C2H6/c1-4-12-18-13-6-5-11-16-14-7-9-15(10-8-14)17(2)3;1-2/h7-10,16H,4-6,11-13H2,1-3H3;1-2H3. The van der Waals surface area contributed by atoms with Gasteiger partial charge in [-0.15, -0.1) is 0 Å². The van der Waals surface area contributed by atoms with E-state index in [-0.39, 0.29) is 0 Å². The van der Waals surface area contributed by atoms with Crippen molar-refractivity contribution in [2.75, 3.05) is 44.1 Å². The molecular weight excluding hydrogens is 248 g/mol. The molecular formula is C17H32N2O. The summed E-state index contributed by atoms with van der Waals surface area (Å²) in [6.07, 6.45) is 3.39. The predicted molar refractivity (Wildman–Crippen MR) is 91.0 cm³/mol. The molecule has 0 spiro atoms. The number of nitrogens with one attached hydrogen (secondary N) is 1. The van der Waals surface area contributed by atoms with Crippen LogP contribution >= 0.6 is 0 Å². The molecule has 0 aromatic heterocycles. The van der Waals surface area contributed by atoms with E-state index in [2.05, 4.69) is 55.5 Å². The third-order valence-corrected chi connectivity index (χ3v) is 2.78. The minimum atomic E-state index is 0.884. The summed E-state index contributed by atoms with van der Waals surface area (Å²) in [6, 6.07) is 8.52. The van der Waals surface area contributed by atoms with Crippen LogP contribution in [0.5, 0.6) is 0 Å². The molecule has 0 aliphatic heterocycles. The smallest absolute Gasteiger partial charge is 0.0466 e. The van der Waals surface area contributed by atoms with Crippen molar-refractivity contribution in [3.63, 3.8) is 0 Å². The zero-order valence-electron chi connectivity index (χ0n) is 13.9. The van der Waals surface area contributed by atoms with Crippen LogP contribution in [0.2, 0.25) is 0 Å². The number of hydrogen-bond acceptors (Lipinski definition) is 3. The number of nitrogens with zero attached hydrogens (tertiary/aromatic N) is 1. The van der Waals surface area contributed by atoms with Crippen LogP contribution in [0.25, 0.3) is 0 Å². The van der Waals surface area contributed by atoms with Gasteiger partial charge in [-0.25, -0.2) is 0 Å². The second kappa shape index (κ2) is 12.8. The lowest BCUT2D eigenvalue weighted by Gasteiger charge is -2.13. The Hall–Kier alpha value is -1.22. The SMILES string of the molecule is CC.CCCOCCCCNc1ccc(N(C)C)cc1. The van der Waals surface area contributed by atoms with E-state index in [1.807, 2.05) is 13.8 Å². The number of rotatable bonds is 9. The van der Waals surface area contributed by atoms with Crippen LogP contribution in [-0.2, 0) is 4.74 Å². The highest BCUT2D eigenvalue weighted by Gasteiger charge is 1.95. The maximum Gasteiger partial charge on any atom is 0.0466 e. The Balaban J connectivity index is 0.00000172. The molecule has 116 valence electrons. The summed E-state index contributed by atoms with van der Waals surface area (Å²) in [6.45, 7) is 8.92. The van der Waals surface area contributed by atoms with Gasteiger partial charge in [0.2, 0.25) is 0 Å². The summed E-state index contributed by atoms with van der Waals surface area (Å²) in [5, 5.41) is 3.43. The van der Waals surface area contributed by atoms with Crippen LogP contribution in [-0.4, -0.2) is 33.9 Å². The molecule has 0 saturated heterocycles. The fourth-order valence-electron chi connectivity index (χ4n) is 1.69. The van der Waals surface area contributed by atoms with E-state index in [0.29, 0.717) is 0 Å². The predicted octanol–water partition coefficient (Wildman–Crippen LogP) is 4.40. The first kappa shape index (κ1) is 18.8. The van der Waals surface area contributed by atoms with Crippen LogP contribution in [0.4, 0.5) is 11.4 Å². The van der Waals surface area contributed by atoms with E-state index >= 15 is 0 Å². The minimum absolute atomic E-state index is 0.884. The van der Waals surface area contributed by atoms with Gasteiger partial charge < -0.3 is 15.0 Å². The van der Waals surface area contributed by atoms with E-state index in [9.17, 15) is 0 Å². The quantitative estimate of drug-likeness (QED) is 0.679. The zero-order chi connectivity index (χ0) is 15.2. The maximum absolute atomic E-state index is 5.44. The van der Waals surface area contributed by atoms with Gasteiger partial charge in [0.25, 0.3) is 0 Å². The second-order valence-electron chi connectivity index (χ2n) is 4.69. The number of unbranched alkanes of at least 4 members (excludes halogenated alkanes) is 1. The average Bonchev–Trinajstić information content (AvgIpc) is 2.49. The molecule has 0 radical (unpaired) electrons. The lowest BCUT2D eigenvalue weighted by Crippen LogP contribution is -2.08. The molecule has 1 N–H and O–H groups in total. The summed E-state index contributed by atoms with van der Waals surface area (Å²) in [7, 11) is 4.11. The monoisotopic (exact) mass is 280 g/mol. The largest absolute Gasteiger partial charge is 0.385 e. The van der Waals surface area contributed by atoms with Gasteiger partial charge in [-0.3, -0.25) is 0 Å². The van der Waals surface area contributed by atoms with Gasteiger partial charge in [-0.05, 0) is 43.5 Å². The molecule has 0 aliphatic rings. The molecule has 1 aromatic carbocycles. The van der Waals surface area contributed by atoms with Crippen molar-refractivity contribution in [1.82, 2.24) is 0 Å². The maximum atomic E-state index is 5.44. The Morgan fingerprint density at radius 2 is 1.65 bits per heavy atom. The Labute approximate surface area is 125 Å². The summed E-state index contributed by atoms with van der Waals surface area (Å²) in [4.78, 5) is 2.11. The fourth-order valence-corrected chi connectivity index (χ4v) is 1.69. The summed E-state index contributed by atoms with van der Waals surface area (Å²) >= 11 is 0. The van der Waals surface area contributed by atoms with Gasteiger partial charge in [0.15, 0.2) is 0 Å². The van der Waals surface area contributed by atoms with Gasteiger partial charge >= 0.3 is 0 Å². The number of benzene rings is 1. The lowest BCUT2D eigenvalue weighted by atomic mass is 10.2. The van der Waals surface area contributed by atoms with Crippen LogP contribution < -0.4 is 10.2 Å². The van der Waals surface area contributed by atoms with Gasteiger partial charge in [0.1, 0.15) is 0 Å². The van der Waals surface area contributed by atoms with Crippen molar-refractivity contribution in [2.24, 2.45) is 0 Å². The first-order valence-corrected chi connectivity index (χ1v) is 7.83. The molecule has 0 fully saturated rings. The summed E-state index contributed by atoms with van der Waals surface area (Å²) in [5.41, 5.74) is 2.42. The van der Waals surface area contributed by atoms with Crippen molar-refractivity contribution in [1.29, 1.82) is 0 Å². The Bertz CT molecular complexity index is 309. The van der Waals surface area contributed by atoms with E-state index in [4.69, 9.17) is 4.74 Å². The highest BCUT2D eigenvalue weighted by atomic mass is 16.5. The van der Waals surface area contributed by atoms with Gasteiger partial charge in [-0.1, -0.05) is 20.8 Å². The molecule has 0 amide bonds. The third-order valence-electron chi connectivity index (χ3n) is 2.78. The number of anilines is 2. The molecule has 0 aliphatic carbocycles. The number of ether oxygens (including phenoxy) is 1. The normalized spacial score (nSPS) is 9.65. The molecule has 3 heteroatoms. The topological polar surface area (TPSA) is 24.5 Å². The van der Waals surface area contributed by atoms with Crippen molar-refractivity contribution >= 4 is 11.4 Å². The first-order chi connectivity index (χ1) is 9.74. The van der Waals surface area contributed by atoms with E-state index in [1.165, 1.54) is 11.4 Å². The lowest BCUT2D eigenvalue weighted by molar-refractivity contribution is 0.131. The summed E-state index contributed by atoms with van der Waals surface area (Å²) < 4.78 is 5.44. The molecule has 20 heavy (non-hydrogen) atoms. The molecule has 0 bridgehead atoms. The van der Waals surface area contributed by atoms with Gasteiger partial charge in [-0.2, -0.15) is 0 Å². The number of hydrogen-bond donors (Lipinski definition) is 1. The molecule has 0 saturated carbocycles. The molecule has 0 unspecified atom stereocenters. The summed E-state index contributed by atoms with van der Waals surface area (Å²) in [5.74, 6) is 0. The Morgan fingerprint density at radius 1 is 1.00 bits per heavy atom. The van der Waals surface area contributed by atoms with E-state index in [1.54, 1.807) is 0 Å². The Morgan fingerprint density at radius 3 is 2.20 bits per heavy atom. The molecule has 1 aromatic rings. The van der Waals surface area contributed by atoms with Gasteiger partial charge in [0, 0.05) is 45.2 Å². The first-order valence-electron chi connectivity index (χ1n) is 7.83. The highest BCUT2D eigenvalue weighted by Crippen LogP contribution is 2.15. The average molecular weight is 280 g/mol. The zero-order valence-corrected chi connectivity index (χ0v) is 13.9. The van der Waals surface area contributed by atoms with E-state index < -0.39 is 0 Å². The van der Waals surface area contributed by atoms with Gasteiger partial charge in [0.05, 0.1) is 0 Å². The molecule has 1 rings (SSSR count). The molecule has 0 atom stereocenters. The van der Waals surface area contributed by atoms with Crippen molar-refractivity contribution in [3.8, 4) is 0 Å². The highest BCUT2D eigenvalue weighted by molar-refractivity contribution is 5.54. The minimum Gasteiger partial charge on any atom is -0.385 e. The van der Waals surface area contributed by atoms with Crippen LogP contribution in [0.1, 0.15) is 40.0 Å². The van der Waals surface area contributed by atoms with Crippen molar-refractivity contribution in [3.05, 3.63) is 24.3 Å². The van der Waals surface area contributed by atoms with Crippen LogP contribution in [0.15, 0.2) is 24.3 Å². The van der Waals surface area contributed by atoms with Crippen molar-refractivity contribution in [2.45, 2.75) is 40.0 Å². The second-order valence-corrected chi connectivity index (χ2v) is 4.69. The third kappa shape index (κ3) is 8.81.